The van der Waals surface area contributed by atoms with E-state index in [1.165, 1.54) is 6.42 Å². The number of H-pyrrole nitrogens is 1. The maximum atomic E-state index is 13.1. The van der Waals surface area contributed by atoms with E-state index in [2.05, 4.69) is 9.97 Å². The van der Waals surface area contributed by atoms with Crippen molar-refractivity contribution in [2.75, 3.05) is 0 Å². The van der Waals surface area contributed by atoms with Gasteiger partial charge < -0.3 is 4.98 Å². The second kappa shape index (κ2) is 7.09. The maximum Gasteiger partial charge on any atom is 0.433 e. The first-order valence-electron chi connectivity index (χ1n) is 7.68. The van der Waals surface area contributed by atoms with Crippen LogP contribution in [-0.4, -0.2) is 9.97 Å². The van der Waals surface area contributed by atoms with Crippen molar-refractivity contribution in [1.82, 2.24) is 9.97 Å². The molecule has 1 N–H and O–H groups in total. The highest BCUT2D eigenvalue weighted by atomic mass is 19.4. The van der Waals surface area contributed by atoms with Gasteiger partial charge in [0.2, 0.25) is 0 Å². The van der Waals surface area contributed by atoms with Crippen LogP contribution in [0.5, 0.6) is 0 Å². The summed E-state index contributed by atoms with van der Waals surface area (Å²) in [4.78, 5) is 17.1. The minimum Gasteiger partial charge on any atom is -0.310 e. The first-order valence-corrected chi connectivity index (χ1v) is 7.68. The lowest BCUT2D eigenvalue weighted by atomic mass is 9.97. The van der Waals surface area contributed by atoms with E-state index in [1.54, 1.807) is 0 Å². The zero-order chi connectivity index (χ0) is 15.3. The van der Waals surface area contributed by atoms with Gasteiger partial charge in [0, 0.05) is 11.3 Å². The number of nitrogens with zero attached hydrogens (tertiary/aromatic N) is 1. The third-order valence-electron chi connectivity index (χ3n) is 3.99. The lowest BCUT2D eigenvalue weighted by Crippen LogP contribution is -2.24. The number of aryl methyl sites for hydroxylation is 1. The van der Waals surface area contributed by atoms with Gasteiger partial charge in [-0.15, -0.1) is 0 Å². The van der Waals surface area contributed by atoms with Crippen LogP contribution in [0.4, 0.5) is 13.2 Å². The van der Waals surface area contributed by atoms with Gasteiger partial charge in [0.05, 0.1) is 0 Å². The molecule has 0 amide bonds. The summed E-state index contributed by atoms with van der Waals surface area (Å²) < 4.78 is 39.3. The minimum absolute atomic E-state index is 0.197. The molecular formula is C15H21F3N2O. The predicted molar refractivity (Wildman–Crippen MR) is 74.2 cm³/mol. The molecule has 0 atom stereocenters. The molecular weight excluding hydrogens is 281 g/mol. The van der Waals surface area contributed by atoms with E-state index < -0.39 is 17.6 Å². The van der Waals surface area contributed by atoms with Crippen molar-refractivity contribution in [3.8, 4) is 0 Å². The Balaban J connectivity index is 2.34. The summed E-state index contributed by atoms with van der Waals surface area (Å²) in [5.41, 5.74) is -1.25. The van der Waals surface area contributed by atoms with E-state index in [9.17, 15) is 18.0 Å². The summed E-state index contributed by atoms with van der Waals surface area (Å²) >= 11 is 0. The van der Waals surface area contributed by atoms with Crippen LogP contribution in [0.2, 0.25) is 0 Å². The smallest absolute Gasteiger partial charge is 0.310 e. The van der Waals surface area contributed by atoms with Crippen LogP contribution in [-0.2, 0) is 19.0 Å². The number of rotatable bonds is 0. The number of aromatic amines is 1. The van der Waals surface area contributed by atoms with E-state index in [4.69, 9.17) is 0 Å². The Morgan fingerprint density at radius 3 is 1.95 bits per heavy atom. The number of halogens is 3. The normalized spacial score (nSPS) is 18.4. The molecule has 21 heavy (non-hydrogen) atoms. The zero-order valence-electron chi connectivity index (χ0n) is 12.1. The van der Waals surface area contributed by atoms with Crippen LogP contribution in [0.25, 0.3) is 0 Å². The highest BCUT2D eigenvalue weighted by molar-refractivity contribution is 5.27. The molecule has 0 saturated heterocycles. The number of alkyl halides is 3. The van der Waals surface area contributed by atoms with Gasteiger partial charge in [-0.2, -0.15) is 18.2 Å². The molecule has 1 aliphatic rings. The predicted octanol–water partition coefficient (Wildman–Crippen LogP) is 4.01. The molecule has 0 aliphatic heterocycles. The standard InChI is InChI=1S/C15H21F3N2O/c16-15(17,18)13-11-9-7-5-3-1-2-4-6-8-10-12(11)19-14(21)20-13/h1-10H2,(H,19,20,21). The summed E-state index contributed by atoms with van der Waals surface area (Å²) in [7, 11) is 0. The summed E-state index contributed by atoms with van der Waals surface area (Å²) in [6.07, 6.45) is 4.23. The lowest BCUT2D eigenvalue weighted by molar-refractivity contribution is -0.142. The van der Waals surface area contributed by atoms with Crippen LogP contribution in [0, 0.1) is 0 Å². The van der Waals surface area contributed by atoms with E-state index in [-0.39, 0.29) is 5.56 Å². The SMILES string of the molecule is O=c1nc(C(F)(F)F)c2c([nH]1)CCCCCCCCCC2. The fraction of sp³-hybridized carbons (Fsp3) is 0.733. The lowest BCUT2D eigenvalue weighted by Gasteiger charge is -2.16. The number of hydrogen-bond acceptors (Lipinski definition) is 2. The van der Waals surface area contributed by atoms with Crippen molar-refractivity contribution in [1.29, 1.82) is 0 Å². The average molecular weight is 302 g/mol. The molecule has 0 fully saturated rings. The van der Waals surface area contributed by atoms with Crippen molar-refractivity contribution in [2.24, 2.45) is 0 Å². The fourth-order valence-corrected chi connectivity index (χ4v) is 2.93. The average Bonchev–Trinajstić information content (AvgIpc) is 2.38. The molecule has 0 spiro atoms. The Kier molecular flexibility index (Phi) is 5.42. The van der Waals surface area contributed by atoms with Gasteiger partial charge in [0.15, 0.2) is 5.69 Å². The van der Waals surface area contributed by atoms with Gasteiger partial charge in [-0.25, -0.2) is 4.79 Å². The fourth-order valence-electron chi connectivity index (χ4n) is 2.93. The van der Waals surface area contributed by atoms with Crippen LogP contribution in [0.1, 0.15) is 68.3 Å². The van der Waals surface area contributed by atoms with Crippen LogP contribution in [0.3, 0.4) is 0 Å². The van der Waals surface area contributed by atoms with Crippen molar-refractivity contribution in [3.63, 3.8) is 0 Å². The molecule has 0 bridgehead atoms. The van der Waals surface area contributed by atoms with E-state index in [1.807, 2.05) is 0 Å². The van der Waals surface area contributed by atoms with Crippen molar-refractivity contribution >= 4 is 0 Å². The first-order chi connectivity index (χ1) is 9.98. The number of hydrogen-bond donors (Lipinski definition) is 1. The Bertz CT molecular complexity index is 523. The zero-order valence-corrected chi connectivity index (χ0v) is 12.1. The van der Waals surface area contributed by atoms with Crippen LogP contribution in [0.15, 0.2) is 4.79 Å². The summed E-state index contributed by atoms with van der Waals surface area (Å²) in [5, 5.41) is 0. The van der Waals surface area contributed by atoms with Gasteiger partial charge in [-0.1, -0.05) is 38.5 Å². The van der Waals surface area contributed by atoms with Crippen LogP contribution >= 0.6 is 0 Å². The van der Waals surface area contributed by atoms with Gasteiger partial charge in [-0.05, 0) is 25.7 Å². The first kappa shape index (κ1) is 16.0. The number of aromatic nitrogens is 2. The number of nitrogens with one attached hydrogen (secondary N) is 1. The van der Waals surface area contributed by atoms with Crippen molar-refractivity contribution in [2.45, 2.75) is 70.4 Å². The summed E-state index contributed by atoms with van der Waals surface area (Å²) in [5.74, 6) is 0. The molecule has 2 rings (SSSR count). The molecule has 0 saturated carbocycles. The summed E-state index contributed by atoms with van der Waals surface area (Å²) in [6.45, 7) is 0. The second-order valence-corrected chi connectivity index (χ2v) is 5.67. The Morgan fingerprint density at radius 2 is 1.38 bits per heavy atom. The van der Waals surface area contributed by atoms with Gasteiger partial charge in [-0.3, -0.25) is 0 Å². The minimum atomic E-state index is -4.56. The molecule has 0 aromatic carbocycles. The highest BCUT2D eigenvalue weighted by Crippen LogP contribution is 2.32. The Labute approximate surface area is 122 Å². The molecule has 0 unspecified atom stereocenters. The molecule has 1 heterocycles. The third-order valence-corrected chi connectivity index (χ3v) is 3.99. The van der Waals surface area contributed by atoms with Gasteiger partial charge in [0.25, 0.3) is 0 Å². The van der Waals surface area contributed by atoms with E-state index in [0.717, 1.165) is 38.5 Å². The Hall–Kier alpha value is -1.33. The van der Waals surface area contributed by atoms with Crippen molar-refractivity contribution in [3.05, 3.63) is 27.4 Å². The molecule has 6 heteroatoms. The Morgan fingerprint density at radius 1 is 0.857 bits per heavy atom. The molecule has 1 aromatic rings. The topological polar surface area (TPSA) is 45.8 Å². The second-order valence-electron chi connectivity index (χ2n) is 5.67. The highest BCUT2D eigenvalue weighted by Gasteiger charge is 2.36. The van der Waals surface area contributed by atoms with Crippen molar-refractivity contribution < 1.29 is 13.2 Å². The molecule has 3 nitrogen and oxygen atoms in total. The molecule has 118 valence electrons. The molecule has 1 aromatic heterocycles. The van der Waals surface area contributed by atoms with E-state index in [0.29, 0.717) is 25.0 Å². The largest absolute Gasteiger partial charge is 0.433 e. The van der Waals surface area contributed by atoms with E-state index >= 15 is 0 Å². The third kappa shape index (κ3) is 4.58. The summed E-state index contributed by atoms with van der Waals surface area (Å²) in [6, 6.07) is 0. The molecule has 1 aliphatic carbocycles. The quantitative estimate of drug-likeness (QED) is 0.787. The number of fused-ring (bicyclic) bond motifs is 1. The van der Waals surface area contributed by atoms with Gasteiger partial charge in [0.1, 0.15) is 0 Å². The van der Waals surface area contributed by atoms with Crippen LogP contribution < -0.4 is 5.69 Å². The van der Waals surface area contributed by atoms with Gasteiger partial charge >= 0.3 is 11.9 Å². The maximum absolute atomic E-state index is 13.1. The molecule has 0 radical (unpaired) electrons. The monoisotopic (exact) mass is 302 g/mol.